The number of thioether (sulfide) groups is 1. The lowest BCUT2D eigenvalue weighted by Crippen LogP contribution is -2.05. The molecule has 0 bridgehead atoms. The highest BCUT2D eigenvalue weighted by Gasteiger charge is 2.20. The third-order valence-corrected chi connectivity index (χ3v) is 4.28. The summed E-state index contributed by atoms with van der Waals surface area (Å²) in [4.78, 5) is 9.78. The lowest BCUT2D eigenvalue weighted by molar-refractivity contribution is 0.927. The Bertz CT molecular complexity index is 763. The molecule has 0 aliphatic carbocycles. The Morgan fingerprint density at radius 1 is 1.28 bits per heavy atom. The van der Waals surface area contributed by atoms with Gasteiger partial charge >= 0.3 is 0 Å². The Hall–Kier alpha value is -1.88. The van der Waals surface area contributed by atoms with Crippen LogP contribution >= 0.6 is 11.8 Å². The fraction of sp³-hybridized carbons (Fsp3) is 0.154. The van der Waals surface area contributed by atoms with Crippen molar-refractivity contribution in [1.29, 1.82) is 0 Å². The molecule has 0 spiro atoms. The standard InChI is InChI=1S/C13H10N4S/c1-8-2-3-11-10(4-8)12-9(6-18-11)5-14-13-15-7-16-17(12)13/h2-5,7H,6H2,1H3. The molecule has 0 unspecified atom stereocenters. The van der Waals surface area contributed by atoms with Gasteiger partial charge in [-0.1, -0.05) is 11.6 Å². The van der Waals surface area contributed by atoms with Crippen LogP contribution in [0.3, 0.4) is 0 Å². The molecule has 2 aromatic heterocycles. The van der Waals surface area contributed by atoms with Crippen molar-refractivity contribution in [2.75, 3.05) is 0 Å². The summed E-state index contributed by atoms with van der Waals surface area (Å²) in [5.41, 5.74) is 4.84. The predicted octanol–water partition coefficient (Wildman–Crippen LogP) is 2.71. The van der Waals surface area contributed by atoms with Gasteiger partial charge in [-0.05, 0) is 19.1 Å². The van der Waals surface area contributed by atoms with Crippen molar-refractivity contribution in [2.24, 2.45) is 0 Å². The molecule has 0 saturated heterocycles. The number of benzene rings is 1. The molecule has 88 valence electrons. The van der Waals surface area contributed by atoms with E-state index in [1.807, 2.05) is 22.5 Å². The summed E-state index contributed by atoms with van der Waals surface area (Å²) >= 11 is 1.85. The van der Waals surface area contributed by atoms with Crippen LogP contribution in [0.25, 0.3) is 17.0 Å². The molecule has 1 aliphatic rings. The molecule has 18 heavy (non-hydrogen) atoms. The average Bonchev–Trinajstić information content (AvgIpc) is 2.86. The second-order valence-electron chi connectivity index (χ2n) is 4.39. The SMILES string of the molecule is Cc1ccc2c(c1)-c1c(cnc3ncnn13)CS2. The largest absolute Gasteiger partial charge is 0.252 e. The number of aromatic nitrogens is 4. The van der Waals surface area contributed by atoms with Gasteiger partial charge in [-0.2, -0.15) is 14.6 Å². The van der Waals surface area contributed by atoms with Crippen LogP contribution in [0.15, 0.2) is 35.6 Å². The van der Waals surface area contributed by atoms with Gasteiger partial charge in [0.1, 0.15) is 6.33 Å². The van der Waals surface area contributed by atoms with Gasteiger partial charge in [-0.3, -0.25) is 0 Å². The Morgan fingerprint density at radius 2 is 2.22 bits per heavy atom. The number of fused-ring (bicyclic) bond motifs is 5. The van der Waals surface area contributed by atoms with E-state index in [1.54, 1.807) is 6.33 Å². The van der Waals surface area contributed by atoms with Gasteiger partial charge < -0.3 is 0 Å². The lowest BCUT2D eigenvalue weighted by Gasteiger charge is -2.19. The zero-order valence-corrected chi connectivity index (χ0v) is 10.6. The molecule has 0 atom stereocenters. The normalized spacial score (nSPS) is 13.4. The van der Waals surface area contributed by atoms with Crippen molar-refractivity contribution in [1.82, 2.24) is 19.6 Å². The average molecular weight is 254 g/mol. The number of hydrogen-bond acceptors (Lipinski definition) is 4. The first-order chi connectivity index (χ1) is 8.83. The van der Waals surface area contributed by atoms with Crippen molar-refractivity contribution < 1.29 is 0 Å². The molecule has 0 radical (unpaired) electrons. The van der Waals surface area contributed by atoms with Crippen molar-refractivity contribution in [3.63, 3.8) is 0 Å². The first-order valence-corrected chi connectivity index (χ1v) is 6.73. The molecule has 5 heteroatoms. The summed E-state index contributed by atoms with van der Waals surface area (Å²) in [5.74, 6) is 1.60. The van der Waals surface area contributed by atoms with Crippen LogP contribution < -0.4 is 0 Å². The van der Waals surface area contributed by atoms with Gasteiger partial charge in [0.2, 0.25) is 0 Å². The summed E-state index contributed by atoms with van der Waals surface area (Å²) < 4.78 is 1.84. The summed E-state index contributed by atoms with van der Waals surface area (Å²) in [6.07, 6.45) is 3.47. The number of hydrogen-bond donors (Lipinski definition) is 0. The maximum atomic E-state index is 4.33. The smallest absolute Gasteiger partial charge is 0.219 e. The minimum absolute atomic E-state index is 0.660. The van der Waals surface area contributed by atoms with Crippen molar-refractivity contribution in [2.45, 2.75) is 17.6 Å². The summed E-state index contributed by atoms with van der Waals surface area (Å²) in [6, 6.07) is 6.54. The Kier molecular flexibility index (Phi) is 1.99. The van der Waals surface area contributed by atoms with E-state index in [1.165, 1.54) is 21.6 Å². The lowest BCUT2D eigenvalue weighted by atomic mass is 10.0. The second-order valence-corrected chi connectivity index (χ2v) is 5.41. The van der Waals surface area contributed by atoms with E-state index in [4.69, 9.17) is 0 Å². The molecule has 0 N–H and O–H groups in total. The highest BCUT2D eigenvalue weighted by atomic mass is 32.2. The maximum Gasteiger partial charge on any atom is 0.252 e. The summed E-state index contributed by atoms with van der Waals surface area (Å²) in [6.45, 7) is 2.11. The molecule has 4 rings (SSSR count). The van der Waals surface area contributed by atoms with E-state index in [0.29, 0.717) is 5.78 Å². The van der Waals surface area contributed by atoms with E-state index in [-0.39, 0.29) is 0 Å². The first kappa shape index (κ1) is 10.1. The Morgan fingerprint density at radius 3 is 3.17 bits per heavy atom. The Balaban J connectivity index is 2.14. The molecule has 3 aromatic rings. The van der Waals surface area contributed by atoms with E-state index >= 15 is 0 Å². The highest BCUT2D eigenvalue weighted by molar-refractivity contribution is 7.98. The topological polar surface area (TPSA) is 43.1 Å². The van der Waals surface area contributed by atoms with Crippen molar-refractivity contribution in [3.8, 4) is 11.3 Å². The van der Waals surface area contributed by atoms with E-state index in [2.05, 4.69) is 40.2 Å². The van der Waals surface area contributed by atoms with Crippen LogP contribution in [0.1, 0.15) is 11.1 Å². The number of rotatable bonds is 0. The third-order valence-electron chi connectivity index (χ3n) is 3.15. The van der Waals surface area contributed by atoms with Crippen molar-refractivity contribution in [3.05, 3.63) is 41.9 Å². The zero-order chi connectivity index (χ0) is 12.1. The Labute approximate surface area is 108 Å². The molecular formula is C13H10N4S. The van der Waals surface area contributed by atoms with Gasteiger partial charge in [0.05, 0.1) is 5.69 Å². The van der Waals surface area contributed by atoms with Crippen molar-refractivity contribution >= 4 is 17.5 Å². The van der Waals surface area contributed by atoms with Crippen LogP contribution in [-0.4, -0.2) is 19.6 Å². The van der Waals surface area contributed by atoms with Gasteiger partial charge in [-0.25, -0.2) is 4.98 Å². The zero-order valence-electron chi connectivity index (χ0n) is 9.79. The molecular weight excluding hydrogens is 244 g/mol. The first-order valence-electron chi connectivity index (χ1n) is 5.74. The van der Waals surface area contributed by atoms with Crippen LogP contribution in [-0.2, 0) is 5.75 Å². The molecule has 1 aromatic carbocycles. The monoisotopic (exact) mass is 254 g/mol. The van der Waals surface area contributed by atoms with Gasteiger partial charge in [-0.15, -0.1) is 11.8 Å². The maximum absolute atomic E-state index is 4.33. The van der Waals surface area contributed by atoms with Gasteiger partial charge in [0.15, 0.2) is 0 Å². The minimum atomic E-state index is 0.660. The van der Waals surface area contributed by atoms with Crippen LogP contribution in [0.4, 0.5) is 0 Å². The van der Waals surface area contributed by atoms with E-state index < -0.39 is 0 Å². The van der Waals surface area contributed by atoms with Crippen LogP contribution in [0.2, 0.25) is 0 Å². The number of aryl methyl sites for hydroxylation is 1. The molecule has 0 saturated carbocycles. The fourth-order valence-electron chi connectivity index (χ4n) is 2.32. The second kappa shape index (κ2) is 3.55. The van der Waals surface area contributed by atoms with Crippen LogP contribution in [0, 0.1) is 6.92 Å². The minimum Gasteiger partial charge on any atom is -0.219 e. The fourth-order valence-corrected chi connectivity index (χ4v) is 3.31. The van der Waals surface area contributed by atoms with Gasteiger partial charge in [0, 0.05) is 28.0 Å². The highest BCUT2D eigenvalue weighted by Crippen LogP contribution is 2.41. The van der Waals surface area contributed by atoms with E-state index in [0.717, 1.165) is 11.4 Å². The molecule has 0 fully saturated rings. The quantitative estimate of drug-likeness (QED) is 0.618. The summed E-state index contributed by atoms with van der Waals surface area (Å²) in [7, 11) is 0. The predicted molar refractivity (Wildman–Crippen MR) is 70.5 cm³/mol. The summed E-state index contributed by atoms with van der Waals surface area (Å²) in [5, 5.41) is 4.29. The van der Waals surface area contributed by atoms with E-state index in [9.17, 15) is 0 Å². The van der Waals surface area contributed by atoms with Crippen LogP contribution in [0.5, 0.6) is 0 Å². The molecule has 1 aliphatic heterocycles. The number of nitrogens with zero attached hydrogens (tertiary/aromatic N) is 4. The third kappa shape index (κ3) is 1.31. The molecule has 4 nitrogen and oxygen atoms in total. The molecule has 3 heterocycles. The van der Waals surface area contributed by atoms with Gasteiger partial charge in [0.25, 0.3) is 5.78 Å². The molecule has 0 amide bonds.